The van der Waals surface area contributed by atoms with Crippen molar-refractivity contribution >= 4 is 33.9 Å². The highest BCUT2D eigenvalue weighted by Gasteiger charge is 2.33. The lowest BCUT2D eigenvalue weighted by molar-refractivity contribution is -0.385. The number of thioether (sulfide) groups is 1. The summed E-state index contributed by atoms with van der Waals surface area (Å²) in [6, 6.07) is 0. The number of hydrogen-bond acceptors (Lipinski definition) is 9. The number of nitrogens with zero attached hydrogens (tertiary/aromatic N) is 4. The van der Waals surface area contributed by atoms with Crippen LogP contribution in [0.4, 0.5) is 11.5 Å². The van der Waals surface area contributed by atoms with E-state index in [9.17, 15) is 19.2 Å². The molecule has 0 unspecified atom stereocenters. The minimum atomic E-state index is -2.59. The van der Waals surface area contributed by atoms with Gasteiger partial charge >= 0.3 is 11.6 Å². The Morgan fingerprint density at radius 2 is 1.96 bits per heavy atom. The highest BCUT2D eigenvalue weighted by molar-refractivity contribution is 8.24. The molecule has 0 aromatic carbocycles. The Bertz CT molecular complexity index is 589. The summed E-state index contributed by atoms with van der Waals surface area (Å²) in [5.41, 5.74) is -0.283. The van der Waals surface area contributed by atoms with Gasteiger partial charge in [0.05, 0.1) is 22.5 Å². The zero-order valence-corrected chi connectivity index (χ0v) is 14.8. The van der Waals surface area contributed by atoms with E-state index >= 15 is 0 Å². The molecule has 1 saturated heterocycles. The predicted octanol–water partition coefficient (Wildman–Crippen LogP) is 2.46. The molecule has 1 aliphatic heterocycles. The van der Waals surface area contributed by atoms with Crippen LogP contribution in [0.25, 0.3) is 0 Å². The summed E-state index contributed by atoms with van der Waals surface area (Å²) in [7, 11) is -2.59. The molecule has 1 aromatic heterocycles. The van der Waals surface area contributed by atoms with E-state index in [0.29, 0.717) is 5.16 Å². The van der Waals surface area contributed by atoms with Crippen LogP contribution in [0.2, 0.25) is 0 Å². The van der Waals surface area contributed by atoms with Crippen molar-refractivity contribution in [3.05, 3.63) is 10.1 Å². The van der Waals surface area contributed by atoms with Gasteiger partial charge in [0, 0.05) is 13.1 Å². The molecule has 1 fully saturated rings. The number of rotatable bonds is 5. The molecule has 9 nitrogen and oxygen atoms in total. The molecule has 2 rings (SSSR count). The van der Waals surface area contributed by atoms with Crippen molar-refractivity contribution in [3.8, 4) is 5.88 Å². The van der Waals surface area contributed by atoms with Gasteiger partial charge < -0.3 is 9.64 Å². The Morgan fingerprint density at radius 3 is 2.43 bits per heavy atom. The van der Waals surface area contributed by atoms with Crippen molar-refractivity contribution in [1.82, 2.24) is 9.97 Å². The Kier molecular flexibility index (Phi) is 5.55. The molecule has 0 saturated carbocycles. The Morgan fingerprint density at radius 1 is 1.35 bits per heavy atom. The van der Waals surface area contributed by atoms with E-state index in [1.165, 1.54) is 11.8 Å². The molecule has 1 aliphatic rings. The van der Waals surface area contributed by atoms with Gasteiger partial charge in [0.2, 0.25) is 5.82 Å². The monoisotopic (exact) mass is 364 g/mol. The maximum absolute atomic E-state index is 11.5. The first-order valence-corrected chi connectivity index (χ1v) is 10.1. The fraction of sp³-hybridized carbons (Fsp3) is 0.667. The molecule has 0 amide bonds. The van der Waals surface area contributed by atoms with Crippen molar-refractivity contribution in [2.75, 3.05) is 35.8 Å². The molecule has 0 spiro atoms. The number of ether oxygens (including phenoxy) is 1. The predicted molar refractivity (Wildman–Crippen MR) is 91.0 cm³/mol. The van der Waals surface area contributed by atoms with Crippen LogP contribution in [0.1, 0.15) is 13.8 Å². The number of nitro groups is 1. The van der Waals surface area contributed by atoms with E-state index in [2.05, 4.69) is 9.97 Å². The van der Waals surface area contributed by atoms with Crippen LogP contribution in [0.5, 0.6) is 5.88 Å². The van der Waals surface area contributed by atoms with Crippen LogP contribution in [0, 0.1) is 10.1 Å². The van der Waals surface area contributed by atoms with Crippen molar-refractivity contribution in [3.63, 3.8) is 0 Å². The molecule has 0 atom stereocenters. The topological polar surface area (TPSA) is 122 Å². The number of aromatic nitrogens is 2. The van der Waals surface area contributed by atoms with Crippen LogP contribution in [-0.2, 0) is 0 Å². The van der Waals surface area contributed by atoms with E-state index in [1.807, 2.05) is 0 Å². The lowest BCUT2D eigenvalue weighted by atomic mass is 10.3. The molecule has 130 valence electrons. The van der Waals surface area contributed by atoms with Gasteiger partial charge in [-0.3, -0.25) is 19.2 Å². The van der Waals surface area contributed by atoms with Gasteiger partial charge in [-0.15, -0.1) is 0 Å². The van der Waals surface area contributed by atoms with Crippen molar-refractivity contribution in [1.29, 1.82) is 0 Å². The summed E-state index contributed by atoms with van der Waals surface area (Å²) in [5, 5.41) is 11.9. The zero-order valence-electron chi connectivity index (χ0n) is 13.1. The molecule has 2 heterocycles. The largest absolute Gasteiger partial charge is 0.470 e. The van der Waals surface area contributed by atoms with Crippen molar-refractivity contribution < 1.29 is 18.8 Å². The van der Waals surface area contributed by atoms with E-state index in [0.717, 1.165) is 0 Å². The van der Waals surface area contributed by atoms with Gasteiger partial charge in [-0.1, -0.05) is 11.8 Å². The second-order valence-electron chi connectivity index (χ2n) is 5.31. The minimum absolute atomic E-state index is 0.0588. The molecule has 0 aliphatic carbocycles. The Labute approximate surface area is 139 Å². The molecular formula is C12H20N4O5S2. The summed E-state index contributed by atoms with van der Waals surface area (Å²) in [4.78, 5) is 21.0. The summed E-state index contributed by atoms with van der Waals surface area (Å²) in [5.74, 6) is 0.447. The first-order chi connectivity index (χ1) is 10.7. The third-order valence-electron chi connectivity index (χ3n) is 3.20. The average molecular weight is 364 g/mol. The van der Waals surface area contributed by atoms with E-state index in [4.69, 9.17) is 4.74 Å². The molecule has 0 bridgehead atoms. The standard InChI is InChI=1S/C12H20N4O5S2/c1-8(2)21-11-9(16(17)18)10(13-12(14-11)22-3)15-4-6-23(19,20)7-5-15/h8,19-20H,4-7H2,1-3H3. The van der Waals surface area contributed by atoms with E-state index in [-0.39, 0.29) is 48.1 Å². The minimum Gasteiger partial charge on any atom is -0.470 e. The van der Waals surface area contributed by atoms with Crippen molar-refractivity contribution in [2.24, 2.45) is 0 Å². The summed E-state index contributed by atoms with van der Waals surface area (Å²) in [6.07, 6.45) is 1.51. The molecule has 2 N–H and O–H groups in total. The Balaban J connectivity index is 2.46. The highest BCUT2D eigenvalue weighted by Crippen LogP contribution is 2.43. The van der Waals surface area contributed by atoms with Crippen LogP contribution in [-0.4, -0.2) is 61.0 Å². The normalized spacial score (nSPS) is 18.8. The Hall–Kier alpha value is -1.30. The lowest BCUT2D eigenvalue weighted by Gasteiger charge is -2.41. The molecule has 23 heavy (non-hydrogen) atoms. The third kappa shape index (κ3) is 4.37. The molecule has 1 aromatic rings. The molecule has 0 radical (unpaired) electrons. The van der Waals surface area contributed by atoms with E-state index < -0.39 is 15.5 Å². The quantitative estimate of drug-likeness (QED) is 0.351. The summed E-state index contributed by atoms with van der Waals surface area (Å²) < 4.78 is 24.9. The third-order valence-corrected chi connectivity index (χ3v) is 5.42. The molecular weight excluding hydrogens is 344 g/mol. The maximum Gasteiger partial charge on any atom is 0.373 e. The second kappa shape index (κ2) is 7.07. The average Bonchev–Trinajstić information content (AvgIpc) is 2.45. The van der Waals surface area contributed by atoms with Crippen LogP contribution in [0.3, 0.4) is 0 Å². The summed E-state index contributed by atoms with van der Waals surface area (Å²) in [6.45, 7) is 4.10. The van der Waals surface area contributed by atoms with Gasteiger partial charge in [0.1, 0.15) is 0 Å². The smallest absolute Gasteiger partial charge is 0.373 e. The summed E-state index contributed by atoms with van der Waals surface area (Å²) >= 11 is 1.26. The maximum atomic E-state index is 11.5. The highest BCUT2D eigenvalue weighted by atomic mass is 32.3. The van der Waals surface area contributed by atoms with Gasteiger partial charge in [-0.05, 0) is 20.1 Å². The van der Waals surface area contributed by atoms with E-state index in [1.54, 1.807) is 25.0 Å². The second-order valence-corrected chi connectivity index (χ2v) is 8.50. The van der Waals surface area contributed by atoms with Crippen LogP contribution in [0.15, 0.2) is 5.16 Å². The van der Waals surface area contributed by atoms with Crippen molar-refractivity contribution in [2.45, 2.75) is 25.1 Å². The number of hydrogen-bond donors (Lipinski definition) is 2. The van der Waals surface area contributed by atoms with Gasteiger partial charge in [-0.2, -0.15) is 20.6 Å². The van der Waals surface area contributed by atoms with Crippen LogP contribution < -0.4 is 9.64 Å². The fourth-order valence-electron chi connectivity index (χ4n) is 2.12. The van der Waals surface area contributed by atoms with Gasteiger partial charge in [0.25, 0.3) is 0 Å². The SMILES string of the molecule is CSc1nc(OC(C)C)c([N+](=O)[O-])c(N2CCS(O)(O)CC2)n1. The van der Waals surface area contributed by atoms with Crippen LogP contribution >= 0.6 is 22.4 Å². The number of anilines is 1. The van der Waals surface area contributed by atoms with Gasteiger partial charge in [0.15, 0.2) is 5.16 Å². The first kappa shape index (κ1) is 18.0. The fourth-order valence-corrected chi connectivity index (χ4v) is 3.70. The first-order valence-electron chi connectivity index (χ1n) is 6.99. The lowest BCUT2D eigenvalue weighted by Crippen LogP contribution is -2.39. The van der Waals surface area contributed by atoms with Gasteiger partial charge in [-0.25, -0.2) is 0 Å². The molecule has 11 heteroatoms. The zero-order chi connectivity index (χ0) is 17.2.